The second kappa shape index (κ2) is 10.2. The van der Waals surface area contributed by atoms with E-state index in [1.807, 2.05) is 19.2 Å². The molecule has 1 spiro atoms. The van der Waals surface area contributed by atoms with E-state index in [0.717, 1.165) is 18.5 Å². The van der Waals surface area contributed by atoms with Crippen molar-refractivity contribution in [1.29, 1.82) is 5.26 Å². The number of aromatic nitrogens is 6. The van der Waals surface area contributed by atoms with Gasteiger partial charge in [-0.25, -0.2) is 28.8 Å². The number of fused-ring (bicyclic) bond motifs is 1. The number of hydrogen-bond donors (Lipinski definition) is 1. The van der Waals surface area contributed by atoms with Gasteiger partial charge >= 0.3 is 0 Å². The lowest BCUT2D eigenvalue weighted by molar-refractivity contribution is -0.144. The minimum Gasteiger partial charge on any atom is -0.381 e. The molecule has 7 rings (SSSR count). The van der Waals surface area contributed by atoms with Gasteiger partial charge in [0.1, 0.15) is 23.5 Å². The Hall–Kier alpha value is -5.28. The number of nitriles is 1. The van der Waals surface area contributed by atoms with Gasteiger partial charge in [0.05, 0.1) is 22.7 Å². The van der Waals surface area contributed by atoms with Crippen LogP contribution < -0.4 is 5.73 Å². The van der Waals surface area contributed by atoms with E-state index < -0.39 is 0 Å². The number of nitrogens with zero attached hydrogens (tertiary/aromatic N) is 9. The summed E-state index contributed by atoms with van der Waals surface area (Å²) < 4.78 is 16.9. The van der Waals surface area contributed by atoms with E-state index in [4.69, 9.17) is 10.8 Å². The standard InChI is InChI=1S/C31H27FN10O/c1-40-11-9-31(30(40)43)16-41(17-31)15-21-6-3-7-23(32)22(21)13-25-37-29-28(34)38-26(20-5-2-4-19(12-20)14-33)27(42(29)39-25)24-8-10-35-18-36-24/h2-8,10,12,18H,9,11,13,15-17H2,1H3,(H2,34,38). The van der Waals surface area contributed by atoms with Crippen molar-refractivity contribution in [2.24, 2.45) is 5.41 Å². The molecule has 0 unspecified atom stereocenters. The van der Waals surface area contributed by atoms with Crippen molar-refractivity contribution in [1.82, 2.24) is 39.3 Å². The van der Waals surface area contributed by atoms with Crippen molar-refractivity contribution >= 4 is 17.4 Å². The average Bonchev–Trinajstić information content (AvgIpc) is 3.56. The summed E-state index contributed by atoms with van der Waals surface area (Å²) in [6, 6.07) is 16.0. The predicted octanol–water partition coefficient (Wildman–Crippen LogP) is 3.10. The number of halogens is 1. The summed E-state index contributed by atoms with van der Waals surface area (Å²) in [5, 5.41) is 14.2. The molecule has 0 bridgehead atoms. The van der Waals surface area contributed by atoms with E-state index in [0.29, 0.717) is 64.9 Å². The van der Waals surface area contributed by atoms with E-state index in [9.17, 15) is 10.1 Å². The molecule has 2 aliphatic heterocycles. The van der Waals surface area contributed by atoms with Crippen molar-refractivity contribution in [2.75, 3.05) is 32.4 Å². The Morgan fingerprint density at radius 3 is 2.72 bits per heavy atom. The number of likely N-dealkylation sites (tertiary alicyclic amines) is 2. The van der Waals surface area contributed by atoms with Gasteiger partial charge in [0, 0.05) is 51.4 Å². The lowest BCUT2D eigenvalue weighted by atomic mass is 9.78. The predicted molar refractivity (Wildman–Crippen MR) is 156 cm³/mol. The Bertz CT molecular complexity index is 1930. The zero-order valence-electron chi connectivity index (χ0n) is 23.4. The van der Waals surface area contributed by atoms with Gasteiger partial charge in [-0.05, 0) is 41.8 Å². The van der Waals surface area contributed by atoms with Crippen molar-refractivity contribution < 1.29 is 9.18 Å². The number of nitrogen functional groups attached to an aromatic ring is 1. The molecule has 5 heterocycles. The summed E-state index contributed by atoms with van der Waals surface area (Å²) in [6.07, 6.45) is 4.02. The molecule has 11 nitrogen and oxygen atoms in total. The second-order valence-electron chi connectivity index (χ2n) is 11.2. The first kappa shape index (κ1) is 26.6. The topological polar surface area (TPSA) is 142 Å². The van der Waals surface area contributed by atoms with Crippen LogP contribution in [0.5, 0.6) is 0 Å². The number of hydrogen-bond acceptors (Lipinski definition) is 9. The number of rotatable bonds is 6. The summed E-state index contributed by atoms with van der Waals surface area (Å²) in [6.45, 7) is 2.63. The SMILES string of the molecule is CN1CCC2(CN(Cc3cccc(F)c3Cc3nc4c(N)nc(-c5cccc(C#N)c5)c(-c5ccncn5)n4n3)C2)C1=O. The van der Waals surface area contributed by atoms with Crippen molar-refractivity contribution in [3.8, 4) is 28.7 Å². The molecular weight excluding hydrogens is 547 g/mol. The molecule has 1 amide bonds. The first-order valence-electron chi connectivity index (χ1n) is 13.9. The number of benzene rings is 2. The molecule has 5 aromatic rings. The van der Waals surface area contributed by atoms with Crippen molar-refractivity contribution in [3.63, 3.8) is 0 Å². The van der Waals surface area contributed by atoms with Crippen LogP contribution in [0.2, 0.25) is 0 Å². The van der Waals surface area contributed by atoms with Gasteiger partial charge < -0.3 is 10.6 Å². The maximum atomic E-state index is 15.3. The smallest absolute Gasteiger partial charge is 0.231 e. The van der Waals surface area contributed by atoms with Crippen LogP contribution in [0.15, 0.2) is 61.1 Å². The third kappa shape index (κ3) is 4.54. The number of amides is 1. The molecule has 2 fully saturated rings. The molecule has 0 atom stereocenters. The molecule has 2 saturated heterocycles. The monoisotopic (exact) mass is 574 g/mol. The molecule has 214 valence electrons. The van der Waals surface area contributed by atoms with Gasteiger partial charge in [-0.15, -0.1) is 0 Å². The normalized spacial score (nSPS) is 16.1. The molecule has 0 radical (unpaired) electrons. The first-order valence-corrected chi connectivity index (χ1v) is 13.9. The number of anilines is 1. The fourth-order valence-corrected chi connectivity index (χ4v) is 6.23. The van der Waals surface area contributed by atoms with Crippen LogP contribution in [0.25, 0.3) is 28.3 Å². The van der Waals surface area contributed by atoms with E-state index in [-0.39, 0.29) is 29.4 Å². The fraction of sp³-hybridized carbons (Fsp3) is 0.258. The Labute approximate surface area is 246 Å². The van der Waals surface area contributed by atoms with Gasteiger partial charge in [0.25, 0.3) is 0 Å². The van der Waals surface area contributed by atoms with Gasteiger partial charge in [-0.2, -0.15) is 10.4 Å². The minimum atomic E-state index is -0.348. The van der Waals surface area contributed by atoms with E-state index in [1.54, 1.807) is 45.9 Å². The molecule has 3 aromatic heterocycles. The lowest BCUT2D eigenvalue weighted by Gasteiger charge is -2.46. The fourth-order valence-electron chi connectivity index (χ4n) is 6.23. The van der Waals surface area contributed by atoms with Crippen molar-refractivity contribution in [2.45, 2.75) is 19.4 Å². The number of nitrogens with two attached hydrogens (primary N) is 1. The highest BCUT2D eigenvalue weighted by Crippen LogP contribution is 2.41. The number of carbonyl (C=O) groups excluding carboxylic acids is 1. The van der Waals surface area contributed by atoms with Gasteiger partial charge in [-0.1, -0.05) is 24.3 Å². The lowest BCUT2D eigenvalue weighted by Crippen LogP contribution is -2.59. The Balaban J connectivity index is 1.26. The van der Waals surface area contributed by atoms with Crippen molar-refractivity contribution in [3.05, 3.63) is 89.4 Å². The van der Waals surface area contributed by atoms with Crippen LogP contribution in [0.3, 0.4) is 0 Å². The molecule has 2 aliphatic rings. The highest BCUT2D eigenvalue weighted by Gasteiger charge is 2.53. The summed E-state index contributed by atoms with van der Waals surface area (Å²) in [4.78, 5) is 34.4. The van der Waals surface area contributed by atoms with Crippen LogP contribution in [0, 0.1) is 22.6 Å². The van der Waals surface area contributed by atoms with E-state index in [1.165, 1.54) is 12.4 Å². The van der Waals surface area contributed by atoms with Crippen LogP contribution in [-0.4, -0.2) is 71.9 Å². The van der Waals surface area contributed by atoms with Crippen LogP contribution in [0.4, 0.5) is 10.2 Å². The minimum absolute atomic E-state index is 0.131. The molecule has 0 aliphatic carbocycles. The van der Waals surface area contributed by atoms with Crippen LogP contribution >= 0.6 is 0 Å². The quantitative estimate of drug-likeness (QED) is 0.324. The van der Waals surface area contributed by atoms with E-state index in [2.05, 4.69) is 30.9 Å². The molecule has 43 heavy (non-hydrogen) atoms. The largest absolute Gasteiger partial charge is 0.381 e. The maximum Gasteiger partial charge on any atom is 0.231 e. The zero-order valence-corrected chi connectivity index (χ0v) is 23.4. The van der Waals surface area contributed by atoms with Gasteiger partial charge in [0.15, 0.2) is 17.3 Å². The highest BCUT2D eigenvalue weighted by molar-refractivity contribution is 5.86. The van der Waals surface area contributed by atoms with Gasteiger partial charge in [0.2, 0.25) is 5.91 Å². The van der Waals surface area contributed by atoms with Gasteiger partial charge in [-0.3, -0.25) is 9.69 Å². The third-order valence-electron chi connectivity index (χ3n) is 8.36. The van der Waals surface area contributed by atoms with Crippen LogP contribution in [-0.2, 0) is 17.8 Å². The highest BCUT2D eigenvalue weighted by atomic mass is 19.1. The molecular formula is C31H27FN10O. The first-order chi connectivity index (χ1) is 20.8. The van der Waals surface area contributed by atoms with Crippen LogP contribution in [0.1, 0.15) is 28.9 Å². The molecule has 2 aromatic carbocycles. The molecule has 12 heteroatoms. The summed E-state index contributed by atoms with van der Waals surface area (Å²) in [5.41, 5.74) is 10.4. The zero-order chi connectivity index (χ0) is 29.7. The second-order valence-corrected chi connectivity index (χ2v) is 11.2. The summed E-state index contributed by atoms with van der Waals surface area (Å²) in [7, 11) is 1.84. The van der Waals surface area contributed by atoms with E-state index >= 15 is 4.39 Å². The third-order valence-corrected chi connectivity index (χ3v) is 8.36. The summed E-state index contributed by atoms with van der Waals surface area (Å²) in [5.74, 6) is 0.353. The molecule has 0 saturated carbocycles. The Kier molecular flexibility index (Phi) is 6.32. The average molecular weight is 575 g/mol. The summed E-state index contributed by atoms with van der Waals surface area (Å²) >= 11 is 0. The Morgan fingerprint density at radius 1 is 1.14 bits per heavy atom. The number of carbonyl (C=O) groups is 1. The molecule has 2 N–H and O–H groups in total. The Morgan fingerprint density at radius 2 is 1.98 bits per heavy atom. The maximum absolute atomic E-state index is 15.3.